The number of benzene rings is 2. The summed E-state index contributed by atoms with van der Waals surface area (Å²) in [6.45, 7) is 0. The van der Waals surface area contributed by atoms with Crippen LogP contribution >= 0.6 is 10.0 Å². The van der Waals surface area contributed by atoms with Crippen molar-refractivity contribution in [1.82, 2.24) is 16.0 Å². The molecule has 2 aromatic rings. The van der Waals surface area contributed by atoms with Gasteiger partial charge in [-0.2, -0.15) is 0 Å². The molecule has 33 heavy (non-hydrogen) atoms. The van der Waals surface area contributed by atoms with Gasteiger partial charge in [0.25, 0.3) is 11.8 Å². The molecule has 10 heteroatoms. The summed E-state index contributed by atoms with van der Waals surface area (Å²) in [6, 6.07) is 11.7. The van der Waals surface area contributed by atoms with Gasteiger partial charge in [0.1, 0.15) is 17.8 Å². The Kier molecular flexibility index (Phi) is 7.27. The lowest BCUT2D eigenvalue weighted by molar-refractivity contribution is -0.129. The van der Waals surface area contributed by atoms with Gasteiger partial charge in [0.05, 0.1) is 13.5 Å². The van der Waals surface area contributed by atoms with E-state index < -0.39 is 45.9 Å². The van der Waals surface area contributed by atoms with Gasteiger partial charge < -0.3 is 20.7 Å². The number of carbonyl (C=O) groups is 4. The van der Waals surface area contributed by atoms with E-state index in [1.807, 2.05) is 24.3 Å². The molecular formula is C23H28N4O5S. The summed E-state index contributed by atoms with van der Waals surface area (Å²) in [5.41, 5.74) is 1.14. The third-order valence-corrected chi connectivity index (χ3v) is 6.78. The minimum atomic E-state index is -1.02. The monoisotopic (exact) mass is 472 g/mol. The maximum Gasteiger partial charge on any atom is 0.322 e. The summed E-state index contributed by atoms with van der Waals surface area (Å²) >= 11 is 0. The molecule has 1 aliphatic heterocycles. The first kappa shape index (κ1) is 24.1. The number of hydrogen-bond acceptors (Lipinski definition) is 5. The highest BCUT2D eigenvalue weighted by atomic mass is 32.3. The smallest absolute Gasteiger partial charge is 0.322 e. The van der Waals surface area contributed by atoms with Crippen LogP contribution in [0, 0.1) is 0 Å². The first-order valence-electron chi connectivity index (χ1n) is 10.2. The fourth-order valence-corrected chi connectivity index (χ4v) is 4.22. The van der Waals surface area contributed by atoms with Crippen LogP contribution in [0.2, 0.25) is 0 Å². The van der Waals surface area contributed by atoms with E-state index in [2.05, 4.69) is 40.0 Å². The zero-order valence-electron chi connectivity index (χ0n) is 18.9. The standard InChI is InChI=1S/C23H28N4O5S/c1-32-16-9-5-14(6-10-16)20(26-19(28)13-18-21(29)27-23(31)25-18)22(30)24-15-7-11-17(12-8-15)33(2,3)4/h5-12,18,20H,13H2,1-4H3,(H,24,30)(H,26,28)(H2,25,27,29,31). The fraction of sp³-hybridized carbons (Fsp3) is 0.304. The summed E-state index contributed by atoms with van der Waals surface area (Å²) in [7, 11) is 0.639. The van der Waals surface area contributed by atoms with Crippen LogP contribution in [0.15, 0.2) is 53.4 Å². The van der Waals surface area contributed by atoms with Crippen molar-refractivity contribution in [2.24, 2.45) is 0 Å². The molecule has 0 radical (unpaired) electrons. The number of methoxy groups -OCH3 is 1. The molecule has 2 aromatic carbocycles. The van der Waals surface area contributed by atoms with Crippen LogP contribution < -0.4 is 26.0 Å². The van der Waals surface area contributed by atoms with Crippen molar-refractivity contribution in [2.75, 3.05) is 31.2 Å². The van der Waals surface area contributed by atoms with Gasteiger partial charge in [-0.25, -0.2) is 14.8 Å². The van der Waals surface area contributed by atoms with E-state index >= 15 is 0 Å². The van der Waals surface area contributed by atoms with E-state index in [9.17, 15) is 19.2 Å². The Morgan fingerprint density at radius 3 is 2.18 bits per heavy atom. The van der Waals surface area contributed by atoms with Crippen molar-refractivity contribution >= 4 is 39.5 Å². The summed E-state index contributed by atoms with van der Waals surface area (Å²) in [5, 5.41) is 9.96. The minimum Gasteiger partial charge on any atom is -0.497 e. The van der Waals surface area contributed by atoms with E-state index in [-0.39, 0.29) is 6.42 Å². The van der Waals surface area contributed by atoms with Crippen molar-refractivity contribution in [3.8, 4) is 5.75 Å². The molecular weight excluding hydrogens is 444 g/mol. The Morgan fingerprint density at radius 1 is 1.03 bits per heavy atom. The van der Waals surface area contributed by atoms with Crippen LogP contribution in [0.1, 0.15) is 18.0 Å². The molecule has 0 bridgehead atoms. The van der Waals surface area contributed by atoms with Gasteiger partial charge in [-0.15, -0.1) is 0 Å². The summed E-state index contributed by atoms with van der Waals surface area (Å²) in [5.74, 6) is -0.971. The summed E-state index contributed by atoms with van der Waals surface area (Å²) in [6.07, 6.45) is 6.26. The SMILES string of the molecule is COc1ccc(C(NC(=O)CC2NC(=O)NC2=O)C(=O)Nc2ccc(S(C)(C)C)cc2)cc1. The van der Waals surface area contributed by atoms with Gasteiger partial charge in [0.2, 0.25) is 5.91 Å². The molecule has 0 aliphatic carbocycles. The van der Waals surface area contributed by atoms with Crippen LogP contribution in [0.3, 0.4) is 0 Å². The number of hydrogen-bond donors (Lipinski definition) is 4. The molecule has 0 saturated carbocycles. The van der Waals surface area contributed by atoms with Crippen molar-refractivity contribution in [3.63, 3.8) is 0 Å². The minimum absolute atomic E-state index is 0.291. The van der Waals surface area contributed by atoms with Gasteiger partial charge in [-0.3, -0.25) is 19.7 Å². The topological polar surface area (TPSA) is 126 Å². The zero-order valence-corrected chi connectivity index (χ0v) is 19.7. The van der Waals surface area contributed by atoms with Gasteiger partial charge in [0.15, 0.2) is 0 Å². The Bertz CT molecular complexity index is 1050. The Hall–Kier alpha value is -3.53. The Balaban J connectivity index is 1.77. The lowest BCUT2D eigenvalue weighted by atomic mass is 10.0. The van der Waals surface area contributed by atoms with Gasteiger partial charge in [0, 0.05) is 5.69 Å². The number of carbonyl (C=O) groups excluding carboxylic acids is 4. The van der Waals surface area contributed by atoms with Crippen molar-refractivity contribution in [1.29, 1.82) is 0 Å². The number of imide groups is 1. The molecule has 0 aromatic heterocycles. The number of amides is 5. The lowest BCUT2D eigenvalue weighted by Gasteiger charge is -2.26. The maximum absolute atomic E-state index is 13.1. The molecule has 1 aliphatic rings. The summed E-state index contributed by atoms with van der Waals surface area (Å²) in [4.78, 5) is 50.0. The lowest BCUT2D eigenvalue weighted by Crippen LogP contribution is -2.41. The molecule has 1 saturated heterocycles. The van der Waals surface area contributed by atoms with E-state index in [0.29, 0.717) is 17.0 Å². The number of nitrogens with one attached hydrogen (secondary N) is 4. The predicted octanol–water partition coefficient (Wildman–Crippen LogP) is 2.14. The zero-order chi connectivity index (χ0) is 24.2. The summed E-state index contributed by atoms with van der Waals surface area (Å²) < 4.78 is 5.16. The van der Waals surface area contributed by atoms with Crippen LogP contribution in [-0.4, -0.2) is 55.7 Å². The highest BCUT2D eigenvalue weighted by Gasteiger charge is 2.32. The van der Waals surface area contributed by atoms with Crippen LogP contribution in [0.5, 0.6) is 5.75 Å². The molecule has 1 fully saturated rings. The largest absolute Gasteiger partial charge is 0.497 e. The van der Waals surface area contributed by atoms with E-state index in [1.54, 1.807) is 24.3 Å². The third-order valence-electron chi connectivity index (χ3n) is 5.09. The highest BCUT2D eigenvalue weighted by Crippen LogP contribution is 2.45. The van der Waals surface area contributed by atoms with Gasteiger partial charge in [-0.05, 0) is 65.6 Å². The van der Waals surface area contributed by atoms with Gasteiger partial charge in [-0.1, -0.05) is 12.1 Å². The second-order valence-corrected chi connectivity index (χ2v) is 12.5. The number of rotatable bonds is 8. The molecule has 5 amide bonds. The molecule has 9 nitrogen and oxygen atoms in total. The molecule has 1 heterocycles. The van der Waals surface area contributed by atoms with E-state index in [4.69, 9.17) is 4.74 Å². The third kappa shape index (κ3) is 6.26. The normalized spacial score (nSPS) is 16.9. The second kappa shape index (κ2) is 9.95. The molecule has 3 rings (SSSR count). The average Bonchev–Trinajstić information content (AvgIpc) is 3.08. The fourth-order valence-electron chi connectivity index (χ4n) is 3.27. The van der Waals surface area contributed by atoms with E-state index in [1.165, 1.54) is 12.0 Å². The quantitative estimate of drug-likeness (QED) is 0.438. The maximum atomic E-state index is 13.1. The van der Waals surface area contributed by atoms with Crippen LogP contribution in [0.4, 0.5) is 10.5 Å². The Morgan fingerprint density at radius 2 is 1.67 bits per heavy atom. The Labute approximate surface area is 194 Å². The number of urea groups is 1. The first-order chi connectivity index (χ1) is 15.6. The average molecular weight is 473 g/mol. The first-order valence-corrected chi connectivity index (χ1v) is 13.1. The predicted molar refractivity (Wildman–Crippen MR) is 128 cm³/mol. The number of anilines is 1. The van der Waals surface area contributed by atoms with Crippen LogP contribution in [0.25, 0.3) is 0 Å². The molecule has 176 valence electrons. The van der Waals surface area contributed by atoms with Crippen LogP contribution in [-0.2, 0) is 14.4 Å². The second-order valence-electron chi connectivity index (χ2n) is 8.34. The molecule has 4 N–H and O–H groups in total. The highest BCUT2D eigenvalue weighted by molar-refractivity contribution is 8.32. The van der Waals surface area contributed by atoms with Crippen molar-refractivity contribution in [3.05, 3.63) is 54.1 Å². The van der Waals surface area contributed by atoms with Gasteiger partial charge >= 0.3 is 6.03 Å². The van der Waals surface area contributed by atoms with E-state index in [0.717, 1.165) is 0 Å². The molecule has 0 spiro atoms. The molecule has 2 unspecified atom stereocenters. The van der Waals surface area contributed by atoms with Crippen molar-refractivity contribution < 1.29 is 23.9 Å². The number of ether oxygens (including phenoxy) is 1. The molecule has 2 atom stereocenters. The van der Waals surface area contributed by atoms with Crippen molar-refractivity contribution in [2.45, 2.75) is 23.4 Å².